The smallest absolute Gasteiger partial charge is 0.159 e. The molecule has 0 bridgehead atoms. The number of halogens is 1. The first kappa shape index (κ1) is 12.5. The van der Waals surface area contributed by atoms with E-state index in [1.54, 1.807) is 12.1 Å². The van der Waals surface area contributed by atoms with Gasteiger partial charge in [0.05, 0.1) is 11.0 Å². The third-order valence-electron chi connectivity index (χ3n) is 3.37. The van der Waals surface area contributed by atoms with Gasteiger partial charge in [0.15, 0.2) is 5.78 Å². The molecule has 0 aliphatic rings. The molecule has 3 aromatic rings. The molecule has 0 unspecified atom stereocenters. The maximum atomic E-state index is 13.3. The van der Waals surface area contributed by atoms with Crippen LogP contribution in [0.5, 0.6) is 0 Å². The van der Waals surface area contributed by atoms with Gasteiger partial charge in [-0.1, -0.05) is 12.1 Å². The molecule has 0 fully saturated rings. The zero-order chi connectivity index (χ0) is 14.3. The minimum atomic E-state index is -0.293. The Kier molecular flexibility index (Phi) is 2.86. The Morgan fingerprint density at radius 3 is 2.70 bits per heavy atom. The summed E-state index contributed by atoms with van der Waals surface area (Å²) < 4.78 is 15.2. The highest BCUT2D eigenvalue weighted by molar-refractivity contribution is 5.97. The van der Waals surface area contributed by atoms with Crippen LogP contribution in [-0.2, 0) is 7.05 Å². The predicted molar refractivity (Wildman–Crippen MR) is 76.1 cm³/mol. The molecule has 3 rings (SSSR count). The standard InChI is InChI=1S/C16H13FN2O/c1-10(20)11-6-7-14-15(9-11)19(2)16(18-14)12-4-3-5-13(17)8-12/h3-9H,1-2H3. The Bertz CT molecular complexity index is 820. The topological polar surface area (TPSA) is 34.9 Å². The molecule has 3 nitrogen and oxygen atoms in total. The molecule has 1 heterocycles. The molecule has 4 heteroatoms. The lowest BCUT2D eigenvalue weighted by Crippen LogP contribution is -1.95. The van der Waals surface area contributed by atoms with Gasteiger partial charge in [-0.05, 0) is 37.3 Å². The normalized spacial score (nSPS) is 10.9. The fourth-order valence-corrected chi connectivity index (χ4v) is 2.29. The van der Waals surface area contributed by atoms with Crippen LogP contribution in [0.2, 0.25) is 0 Å². The first-order valence-electron chi connectivity index (χ1n) is 6.29. The Morgan fingerprint density at radius 1 is 1.20 bits per heavy atom. The molecular weight excluding hydrogens is 255 g/mol. The number of nitrogens with zero attached hydrogens (tertiary/aromatic N) is 2. The van der Waals surface area contributed by atoms with Crippen LogP contribution in [0.1, 0.15) is 17.3 Å². The van der Waals surface area contributed by atoms with E-state index in [1.807, 2.05) is 29.8 Å². The van der Waals surface area contributed by atoms with E-state index in [1.165, 1.54) is 19.1 Å². The highest BCUT2D eigenvalue weighted by Gasteiger charge is 2.11. The highest BCUT2D eigenvalue weighted by Crippen LogP contribution is 2.25. The number of carbonyl (C=O) groups is 1. The molecular formula is C16H13FN2O. The lowest BCUT2D eigenvalue weighted by Gasteiger charge is -2.03. The molecule has 0 radical (unpaired) electrons. The van der Waals surface area contributed by atoms with Crippen LogP contribution in [0.25, 0.3) is 22.4 Å². The average molecular weight is 268 g/mol. The van der Waals surface area contributed by atoms with Gasteiger partial charge >= 0.3 is 0 Å². The molecule has 0 spiro atoms. The summed E-state index contributed by atoms with van der Waals surface area (Å²) in [6.45, 7) is 1.53. The number of benzene rings is 2. The van der Waals surface area contributed by atoms with E-state index in [9.17, 15) is 9.18 Å². The number of Topliss-reactive ketones (excluding diaryl/α,β-unsaturated/α-hetero) is 1. The summed E-state index contributed by atoms with van der Waals surface area (Å²) in [5.41, 5.74) is 3.01. The summed E-state index contributed by atoms with van der Waals surface area (Å²) in [6, 6.07) is 11.7. The minimum absolute atomic E-state index is 0.0143. The average Bonchev–Trinajstić information content (AvgIpc) is 2.76. The van der Waals surface area contributed by atoms with Gasteiger partial charge in [-0.25, -0.2) is 9.37 Å². The second-order valence-corrected chi connectivity index (χ2v) is 4.76. The molecule has 0 atom stereocenters. The van der Waals surface area contributed by atoms with Crippen molar-refractivity contribution in [2.75, 3.05) is 0 Å². The van der Waals surface area contributed by atoms with Crippen molar-refractivity contribution in [3.8, 4) is 11.4 Å². The van der Waals surface area contributed by atoms with Gasteiger partial charge in [-0.3, -0.25) is 4.79 Å². The number of hydrogen-bond donors (Lipinski definition) is 0. The van der Waals surface area contributed by atoms with E-state index in [2.05, 4.69) is 4.98 Å². The van der Waals surface area contributed by atoms with Crippen LogP contribution in [0.3, 0.4) is 0 Å². The van der Waals surface area contributed by atoms with Crippen molar-refractivity contribution >= 4 is 16.8 Å². The number of fused-ring (bicyclic) bond motifs is 1. The monoisotopic (exact) mass is 268 g/mol. The molecule has 20 heavy (non-hydrogen) atoms. The number of aryl methyl sites for hydroxylation is 1. The van der Waals surface area contributed by atoms with Crippen molar-refractivity contribution in [3.05, 3.63) is 53.8 Å². The summed E-state index contributed by atoms with van der Waals surface area (Å²) in [5, 5.41) is 0. The van der Waals surface area contributed by atoms with Crippen LogP contribution in [0, 0.1) is 5.82 Å². The molecule has 100 valence electrons. The fourth-order valence-electron chi connectivity index (χ4n) is 2.29. The van der Waals surface area contributed by atoms with E-state index in [-0.39, 0.29) is 11.6 Å². The van der Waals surface area contributed by atoms with Gasteiger partial charge < -0.3 is 4.57 Å². The molecule has 0 amide bonds. The fraction of sp³-hybridized carbons (Fsp3) is 0.125. The molecule has 0 N–H and O–H groups in total. The molecule has 0 saturated heterocycles. The summed E-state index contributed by atoms with van der Waals surface area (Å²) in [6.07, 6.45) is 0. The number of carbonyl (C=O) groups excluding carboxylic acids is 1. The largest absolute Gasteiger partial charge is 0.327 e. The molecule has 1 aromatic heterocycles. The van der Waals surface area contributed by atoms with Crippen LogP contribution >= 0.6 is 0 Å². The summed E-state index contributed by atoms with van der Waals surface area (Å²) >= 11 is 0. The number of imidazole rings is 1. The summed E-state index contributed by atoms with van der Waals surface area (Å²) in [7, 11) is 1.86. The SMILES string of the molecule is CC(=O)c1ccc2nc(-c3cccc(F)c3)n(C)c2c1. The second kappa shape index (κ2) is 4.56. The molecule has 2 aromatic carbocycles. The quantitative estimate of drug-likeness (QED) is 0.666. The number of aromatic nitrogens is 2. The Labute approximate surface area is 115 Å². The highest BCUT2D eigenvalue weighted by atomic mass is 19.1. The lowest BCUT2D eigenvalue weighted by molar-refractivity contribution is 0.101. The van der Waals surface area contributed by atoms with Crippen LogP contribution in [0.15, 0.2) is 42.5 Å². The van der Waals surface area contributed by atoms with Crippen molar-refractivity contribution in [2.45, 2.75) is 6.92 Å². The summed E-state index contributed by atoms with van der Waals surface area (Å²) in [5.74, 6) is 0.402. The predicted octanol–water partition coefficient (Wildman–Crippen LogP) is 3.58. The molecule has 0 aliphatic carbocycles. The van der Waals surface area contributed by atoms with E-state index >= 15 is 0 Å². The van der Waals surface area contributed by atoms with Crippen LogP contribution in [-0.4, -0.2) is 15.3 Å². The maximum Gasteiger partial charge on any atom is 0.159 e. The Balaban J connectivity index is 2.23. The third-order valence-corrected chi connectivity index (χ3v) is 3.37. The molecule has 0 saturated carbocycles. The molecule has 0 aliphatic heterocycles. The van der Waals surface area contributed by atoms with Gasteiger partial charge in [0.1, 0.15) is 11.6 Å². The van der Waals surface area contributed by atoms with E-state index in [0.717, 1.165) is 11.0 Å². The van der Waals surface area contributed by atoms with Crippen molar-refractivity contribution in [2.24, 2.45) is 7.05 Å². The van der Waals surface area contributed by atoms with Crippen molar-refractivity contribution in [1.82, 2.24) is 9.55 Å². The van der Waals surface area contributed by atoms with Crippen LogP contribution in [0.4, 0.5) is 4.39 Å². The van der Waals surface area contributed by atoms with Gasteiger partial charge in [-0.15, -0.1) is 0 Å². The zero-order valence-corrected chi connectivity index (χ0v) is 11.2. The Morgan fingerprint density at radius 2 is 2.00 bits per heavy atom. The van der Waals surface area contributed by atoms with Gasteiger partial charge in [0, 0.05) is 18.2 Å². The van der Waals surface area contributed by atoms with E-state index in [0.29, 0.717) is 17.0 Å². The first-order valence-corrected chi connectivity index (χ1v) is 6.29. The van der Waals surface area contributed by atoms with E-state index < -0.39 is 0 Å². The minimum Gasteiger partial charge on any atom is -0.327 e. The van der Waals surface area contributed by atoms with Crippen molar-refractivity contribution in [3.63, 3.8) is 0 Å². The van der Waals surface area contributed by atoms with Crippen molar-refractivity contribution in [1.29, 1.82) is 0 Å². The van der Waals surface area contributed by atoms with Gasteiger partial charge in [0.25, 0.3) is 0 Å². The van der Waals surface area contributed by atoms with Crippen LogP contribution < -0.4 is 0 Å². The lowest BCUT2D eigenvalue weighted by atomic mass is 10.1. The number of hydrogen-bond acceptors (Lipinski definition) is 2. The third kappa shape index (κ3) is 1.99. The van der Waals surface area contributed by atoms with E-state index in [4.69, 9.17) is 0 Å². The summed E-state index contributed by atoms with van der Waals surface area (Å²) in [4.78, 5) is 16.0. The maximum absolute atomic E-state index is 13.3. The van der Waals surface area contributed by atoms with Gasteiger partial charge in [-0.2, -0.15) is 0 Å². The number of rotatable bonds is 2. The first-order chi connectivity index (χ1) is 9.56. The number of ketones is 1. The second-order valence-electron chi connectivity index (χ2n) is 4.76. The van der Waals surface area contributed by atoms with Crippen molar-refractivity contribution < 1.29 is 9.18 Å². The zero-order valence-electron chi connectivity index (χ0n) is 11.2. The Hall–Kier alpha value is -2.49. The van der Waals surface area contributed by atoms with Gasteiger partial charge in [0.2, 0.25) is 0 Å².